The fourth-order valence-electron chi connectivity index (χ4n) is 4.34. The molecule has 2 aliphatic heterocycles. The molecule has 0 amide bonds. The van der Waals surface area contributed by atoms with E-state index >= 15 is 0 Å². The van der Waals surface area contributed by atoms with Gasteiger partial charge in [-0.15, -0.1) is 19.8 Å². The van der Waals surface area contributed by atoms with Crippen LogP contribution in [-0.2, 0) is 16.0 Å². The van der Waals surface area contributed by atoms with E-state index in [1.807, 2.05) is 29.8 Å². The highest BCUT2D eigenvalue weighted by Gasteiger charge is 2.32. The Labute approximate surface area is 214 Å². The minimum Gasteiger partial charge on any atom is -0.495 e. The summed E-state index contributed by atoms with van der Waals surface area (Å²) in [5, 5.41) is 0. The van der Waals surface area contributed by atoms with E-state index in [4.69, 9.17) is 14.2 Å². The third-order valence-corrected chi connectivity index (χ3v) is 6.29. The highest BCUT2D eigenvalue weighted by atomic mass is 19.4. The van der Waals surface area contributed by atoms with Crippen molar-refractivity contribution in [2.75, 3.05) is 18.0 Å². The van der Waals surface area contributed by atoms with Crippen LogP contribution in [0.1, 0.15) is 26.7 Å². The molecule has 3 heterocycles. The number of aromatic nitrogens is 2. The van der Waals surface area contributed by atoms with Crippen molar-refractivity contribution in [3.63, 3.8) is 0 Å². The number of hydrogen-bond donors (Lipinski definition) is 0. The molecule has 0 bridgehead atoms. The molecule has 10 heteroatoms. The van der Waals surface area contributed by atoms with Gasteiger partial charge >= 0.3 is 6.36 Å². The van der Waals surface area contributed by atoms with Gasteiger partial charge in [-0.3, -0.25) is 9.30 Å². The molecule has 1 saturated heterocycles. The number of rotatable bonds is 10. The maximum Gasteiger partial charge on any atom is 0.523 e. The second-order valence-electron chi connectivity index (χ2n) is 9.07. The van der Waals surface area contributed by atoms with Crippen LogP contribution >= 0.6 is 0 Å². The summed E-state index contributed by atoms with van der Waals surface area (Å²) in [4.78, 5) is 6.48. The number of nitrogens with zero attached hydrogens (tertiary/aromatic N) is 3. The summed E-state index contributed by atoms with van der Waals surface area (Å²) in [6.07, 6.45) is 4.68. The van der Waals surface area contributed by atoms with Crippen LogP contribution in [0.2, 0.25) is 0 Å². The fourth-order valence-corrected chi connectivity index (χ4v) is 4.34. The molecule has 0 aliphatic carbocycles. The summed E-state index contributed by atoms with van der Waals surface area (Å²) in [5.74, 6) is 1.42. The van der Waals surface area contributed by atoms with Gasteiger partial charge in [-0.2, -0.15) is 0 Å². The first-order chi connectivity index (χ1) is 17.7. The number of benzene rings is 1. The fraction of sp³-hybridized carbons (Fsp3) is 0.444. The van der Waals surface area contributed by atoms with Gasteiger partial charge < -0.3 is 19.1 Å². The smallest absolute Gasteiger partial charge is 0.495 e. The number of anilines is 1. The normalized spacial score (nSPS) is 20.4. The Morgan fingerprint density at radius 3 is 2.59 bits per heavy atom. The summed E-state index contributed by atoms with van der Waals surface area (Å²) in [5.41, 5.74) is 1.12. The molecule has 3 atom stereocenters. The first-order valence-electron chi connectivity index (χ1n) is 12.3. The summed E-state index contributed by atoms with van der Waals surface area (Å²) >= 11 is 0. The molecule has 0 radical (unpaired) electrons. The lowest BCUT2D eigenvalue weighted by Gasteiger charge is -2.34. The van der Waals surface area contributed by atoms with Crippen molar-refractivity contribution < 1.29 is 32.1 Å². The van der Waals surface area contributed by atoms with Gasteiger partial charge in [0.25, 0.3) is 6.01 Å². The summed E-state index contributed by atoms with van der Waals surface area (Å²) in [7, 11) is 0. The molecule has 1 aromatic heterocycles. The molecule has 1 aromatic carbocycles. The Balaban J connectivity index is 1.20. The Morgan fingerprint density at radius 1 is 1.22 bits per heavy atom. The van der Waals surface area contributed by atoms with Crippen molar-refractivity contribution in [2.45, 2.75) is 64.0 Å². The standard InChI is InChI=1S/C27H32F3N3O4/c1-4-22(37-27(28,29)30)7-5-6-19(2)34-24-12-15-32(16-13-24)21-8-10-23(11-9-21)35-20(3)25-18-33-17-14-31-26(33)36-25/h4-11,14,17,20,22,24-25H,1,12-13,15-16,18H2,2-3H3/b7-5?,19-6+/t20-,22?,25?/m0/s1. The average molecular weight is 520 g/mol. The van der Waals surface area contributed by atoms with Crippen LogP contribution in [0.3, 0.4) is 0 Å². The summed E-state index contributed by atoms with van der Waals surface area (Å²) < 4.78 is 60.8. The Bertz CT molecular complexity index is 1070. The minimum atomic E-state index is -4.71. The molecule has 0 saturated carbocycles. The number of allylic oxidation sites excluding steroid dienone is 3. The van der Waals surface area contributed by atoms with E-state index in [9.17, 15) is 13.2 Å². The number of piperidine rings is 1. The first kappa shape index (κ1) is 26.7. The van der Waals surface area contributed by atoms with Gasteiger partial charge in [-0.25, -0.2) is 4.98 Å². The van der Waals surface area contributed by atoms with Gasteiger partial charge in [0.05, 0.1) is 12.3 Å². The second kappa shape index (κ2) is 11.8. The molecule has 0 spiro atoms. The zero-order valence-electron chi connectivity index (χ0n) is 20.9. The minimum absolute atomic E-state index is 0.0482. The van der Waals surface area contributed by atoms with E-state index in [-0.39, 0.29) is 18.3 Å². The lowest BCUT2D eigenvalue weighted by atomic mass is 10.1. The van der Waals surface area contributed by atoms with Gasteiger partial charge in [0, 0.05) is 44.0 Å². The van der Waals surface area contributed by atoms with Crippen LogP contribution in [0.4, 0.5) is 18.9 Å². The van der Waals surface area contributed by atoms with E-state index in [2.05, 4.69) is 33.3 Å². The van der Waals surface area contributed by atoms with Gasteiger partial charge in [0.2, 0.25) is 0 Å². The SMILES string of the molecule is C=CC(C=C/C=C(\C)OC1CCN(c2ccc(O[C@@H](C)C3Cn4ccnc4O3)cc2)CC1)OC(F)(F)F. The number of ether oxygens (including phenoxy) is 4. The molecule has 0 N–H and O–H groups in total. The number of hydrogen-bond acceptors (Lipinski definition) is 6. The molecule has 200 valence electrons. The van der Waals surface area contributed by atoms with E-state index < -0.39 is 12.5 Å². The maximum absolute atomic E-state index is 12.3. The first-order valence-corrected chi connectivity index (χ1v) is 12.3. The molecule has 2 aliphatic rings. The number of alkyl halides is 3. The van der Waals surface area contributed by atoms with Crippen LogP contribution in [-0.4, -0.2) is 53.4 Å². The number of fused-ring (bicyclic) bond motifs is 1. The van der Waals surface area contributed by atoms with Crippen LogP contribution in [0, 0.1) is 0 Å². The molecule has 2 unspecified atom stereocenters. The van der Waals surface area contributed by atoms with Gasteiger partial charge in [-0.05, 0) is 44.2 Å². The highest BCUT2D eigenvalue weighted by molar-refractivity contribution is 5.49. The lowest BCUT2D eigenvalue weighted by molar-refractivity contribution is -0.330. The van der Waals surface area contributed by atoms with Gasteiger partial charge in [-0.1, -0.05) is 18.2 Å². The van der Waals surface area contributed by atoms with Crippen molar-refractivity contribution in [3.8, 4) is 11.8 Å². The Kier molecular flexibility index (Phi) is 8.48. The van der Waals surface area contributed by atoms with Crippen molar-refractivity contribution in [1.29, 1.82) is 0 Å². The van der Waals surface area contributed by atoms with Crippen LogP contribution in [0.15, 0.2) is 73.3 Å². The topological polar surface area (TPSA) is 58.0 Å². The molecule has 37 heavy (non-hydrogen) atoms. The highest BCUT2D eigenvalue weighted by Crippen LogP contribution is 2.27. The monoisotopic (exact) mass is 519 g/mol. The number of imidazole rings is 1. The Morgan fingerprint density at radius 2 is 1.95 bits per heavy atom. The van der Waals surface area contributed by atoms with Crippen molar-refractivity contribution in [1.82, 2.24) is 9.55 Å². The van der Waals surface area contributed by atoms with Crippen molar-refractivity contribution in [2.24, 2.45) is 0 Å². The summed E-state index contributed by atoms with van der Waals surface area (Å²) in [6, 6.07) is 8.68. The van der Waals surface area contributed by atoms with Crippen molar-refractivity contribution in [3.05, 3.63) is 73.3 Å². The third kappa shape index (κ3) is 7.55. The van der Waals surface area contributed by atoms with E-state index in [1.54, 1.807) is 19.2 Å². The van der Waals surface area contributed by atoms with Gasteiger partial charge in [0.1, 0.15) is 24.1 Å². The molecule has 7 nitrogen and oxygen atoms in total. The average Bonchev–Trinajstić information content (AvgIpc) is 3.46. The van der Waals surface area contributed by atoms with Crippen LogP contribution in [0.25, 0.3) is 0 Å². The largest absolute Gasteiger partial charge is 0.523 e. The molecular formula is C27H32F3N3O4. The quantitative estimate of drug-likeness (QED) is 0.230. The number of halogens is 3. The maximum atomic E-state index is 12.3. The molecule has 4 rings (SSSR count). The molecular weight excluding hydrogens is 487 g/mol. The van der Waals surface area contributed by atoms with Crippen molar-refractivity contribution >= 4 is 5.69 Å². The molecule has 1 fully saturated rings. The zero-order chi connectivity index (χ0) is 26.4. The van der Waals surface area contributed by atoms with E-state index in [0.717, 1.165) is 50.0 Å². The Hall–Kier alpha value is -3.40. The second-order valence-corrected chi connectivity index (χ2v) is 9.07. The predicted octanol–water partition coefficient (Wildman–Crippen LogP) is 5.65. The van der Waals surface area contributed by atoms with Crippen LogP contribution < -0.4 is 14.4 Å². The lowest BCUT2D eigenvalue weighted by Crippen LogP contribution is -2.36. The predicted molar refractivity (Wildman–Crippen MR) is 134 cm³/mol. The van der Waals surface area contributed by atoms with E-state index in [1.165, 1.54) is 12.2 Å². The van der Waals surface area contributed by atoms with E-state index in [0.29, 0.717) is 11.8 Å². The third-order valence-electron chi connectivity index (χ3n) is 6.29. The van der Waals surface area contributed by atoms with Crippen LogP contribution in [0.5, 0.6) is 11.8 Å². The summed E-state index contributed by atoms with van der Waals surface area (Å²) in [6.45, 7) is 9.54. The molecule has 2 aromatic rings. The zero-order valence-corrected chi connectivity index (χ0v) is 20.9. The van der Waals surface area contributed by atoms with Gasteiger partial charge in [0.15, 0.2) is 6.10 Å².